The normalized spacial score (nSPS) is 28.8. The number of carbonyl (C=O) groups is 5. The van der Waals surface area contributed by atoms with Crippen LogP contribution in [-0.4, -0.2) is 55.1 Å². The second kappa shape index (κ2) is 11.4. The molecule has 0 bridgehead atoms. The maximum absolute atomic E-state index is 12.6. The van der Waals surface area contributed by atoms with Crippen LogP contribution in [0.25, 0.3) is 0 Å². The first-order chi connectivity index (χ1) is 15.5. The van der Waals surface area contributed by atoms with Gasteiger partial charge in [0.1, 0.15) is 31.2 Å². The number of aldehydes is 1. The van der Waals surface area contributed by atoms with E-state index in [0.29, 0.717) is 17.4 Å². The summed E-state index contributed by atoms with van der Waals surface area (Å²) >= 11 is 0. The Morgan fingerprint density at radius 3 is 2.48 bits per heavy atom. The Kier molecular flexibility index (Phi) is 8.90. The minimum Gasteiger partial charge on any atom is -0.461 e. The molecule has 1 saturated heterocycles. The average molecular weight is 460 g/mol. The molecule has 9 nitrogen and oxygen atoms in total. The molecule has 2 aliphatic rings. The predicted octanol–water partition coefficient (Wildman–Crippen LogP) is 2.30. The molecule has 1 heterocycles. The Hall–Kier alpha value is -3.49. The molecule has 9 heteroatoms. The SMILES string of the molecule is C=C1C(=O)O[C@@H]2/C=C(\C)[C@@H](OC(C)=O)C/C=C(/COC(C)=O)C[C@@H](OC(=O)/C(C)=C/C=O)[C@@H]12. The molecule has 0 amide bonds. The van der Waals surface area contributed by atoms with Gasteiger partial charge in [-0.2, -0.15) is 0 Å². The third-order valence-corrected chi connectivity index (χ3v) is 5.35. The summed E-state index contributed by atoms with van der Waals surface area (Å²) in [4.78, 5) is 58.7. The molecule has 0 spiro atoms. The Morgan fingerprint density at radius 2 is 1.88 bits per heavy atom. The van der Waals surface area contributed by atoms with Gasteiger partial charge in [0, 0.05) is 37.8 Å². The van der Waals surface area contributed by atoms with Crippen molar-refractivity contribution in [1.82, 2.24) is 0 Å². The highest BCUT2D eigenvalue weighted by molar-refractivity contribution is 5.93. The van der Waals surface area contributed by atoms with Crippen molar-refractivity contribution in [1.29, 1.82) is 0 Å². The zero-order valence-electron chi connectivity index (χ0n) is 19.1. The number of carbonyl (C=O) groups excluding carboxylic acids is 5. The molecule has 2 rings (SSSR count). The van der Waals surface area contributed by atoms with E-state index in [9.17, 15) is 24.0 Å². The van der Waals surface area contributed by atoms with E-state index in [0.717, 1.165) is 6.08 Å². The zero-order valence-corrected chi connectivity index (χ0v) is 19.1. The quantitative estimate of drug-likeness (QED) is 0.193. The van der Waals surface area contributed by atoms with E-state index in [1.165, 1.54) is 20.8 Å². The highest BCUT2D eigenvalue weighted by Gasteiger charge is 2.45. The van der Waals surface area contributed by atoms with Crippen molar-refractivity contribution in [3.63, 3.8) is 0 Å². The van der Waals surface area contributed by atoms with E-state index in [-0.39, 0.29) is 30.6 Å². The molecule has 0 aromatic heterocycles. The summed E-state index contributed by atoms with van der Waals surface area (Å²) in [6.45, 7) is 9.46. The molecular formula is C24H28O9. The molecule has 0 unspecified atom stereocenters. The van der Waals surface area contributed by atoms with Crippen LogP contribution in [0.15, 0.2) is 47.1 Å². The van der Waals surface area contributed by atoms with E-state index in [1.54, 1.807) is 19.1 Å². The van der Waals surface area contributed by atoms with Crippen molar-refractivity contribution < 1.29 is 42.9 Å². The fourth-order valence-corrected chi connectivity index (χ4v) is 3.64. The summed E-state index contributed by atoms with van der Waals surface area (Å²) in [5.41, 5.74) is 1.43. The molecule has 1 fully saturated rings. The average Bonchev–Trinajstić information content (AvgIpc) is 3.00. The summed E-state index contributed by atoms with van der Waals surface area (Å²) in [5.74, 6) is -3.09. The van der Waals surface area contributed by atoms with E-state index in [2.05, 4.69) is 6.58 Å². The first kappa shape index (κ1) is 25.8. The van der Waals surface area contributed by atoms with Gasteiger partial charge in [0.2, 0.25) is 0 Å². The molecule has 0 saturated carbocycles. The second-order valence-corrected chi connectivity index (χ2v) is 7.94. The Labute approximate surface area is 192 Å². The van der Waals surface area contributed by atoms with Gasteiger partial charge in [-0.3, -0.25) is 14.4 Å². The summed E-state index contributed by atoms with van der Waals surface area (Å²) in [6.07, 6.45) is 3.00. The van der Waals surface area contributed by atoms with Gasteiger partial charge in [0.25, 0.3) is 0 Å². The van der Waals surface area contributed by atoms with Crippen LogP contribution in [-0.2, 0) is 42.9 Å². The molecule has 178 valence electrons. The van der Waals surface area contributed by atoms with Gasteiger partial charge in [0.05, 0.1) is 5.92 Å². The van der Waals surface area contributed by atoms with Crippen LogP contribution in [0, 0.1) is 5.92 Å². The van der Waals surface area contributed by atoms with Crippen molar-refractivity contribution in [2.75, 3.05) is 6.61 Å². The summed E-state index contributed by atoms with van der Waals surface area (Å²) in [6, 6.07) is 0. The number of hydrogen-bond donors (Lipinski definition) is 0. The fourth-order valence-electron chi connectivity index (χ4n) is 3.64. The van der Waals surface area contributed by atoms with E-state index < -0.39 is 48.1 Å². The molecule has 0 aromatic carbocycles. The molecule has 0 aromatic rings. The van der Waals surface area contributed by atoms with Gasteiger partial charge in [0.15, 0.2) is 0 Å². The minimum absolute atomic E-state index is 0.0826. The van der Waals surface area contributed by atoms with Crippen LogP contribution in [0.4, 0.5) is 0 Å². The summed E-state index contributed by atoms with van der Waals surface area (Å²) in [5, 5.41) is 0. The largest absolute Gasteiger partial charge is 0.461 e. The lowest BCUT2D eigenvalue weighted by atomic mass is 9.85. The van der Waals surface area contributed by atoms with Gasteiger partial charge in [-0.1, -0.05) is 12.7 Å². The smallest absolute Gasteiger partial charge is 0.334 e. The predicted molar refractivity (Wildman–Crippen MR) is 115 cm³/mol. The van der Waals surface area contributed by atoms with Crippen LogP contribution >= 0.6 is 0 Å². The van der Waals surface area contributed by atoms with Gasteiger partial charge in [-0.05, 0) is 37.1 Å². The number of hydrogen-bond acceptors (Lipinski definition) is 9. The molecule has 33 heavy (non-hydrogen) atoms. The molecular weight excluding hydrogens is 432 g/mol. The lowest BCUT2D eigenvalue weighted by molar-refractivity contribution is -0.148. The Morgan fingerprint density at radius 1 is 1.18 bits per heavy atom. The highest BCUT2D eigenvalue weighted by Crippen LogP contribution is 2.37. The van der Waals surface area contributed by atoms with Crippen LogP contribution in [0.5, 0.6) is 0 Å². The van der Waals surface area contributed by atoms with Crippen molar-refractivity contribution >= 4 is 30.2 Å². The number of esters is 4. The molecule has 4 atom stereocenters. The van der Waals surface area contributed by atoms with Crippen molar-refractivity contribution in [3.8, 4) is 0 Å². The maximum atomic E-state index is 12.6. The molecule has 1 aliphatic carbocycles. The van der Waals surface area contributed by atoms with Crippen molar-refractivity contribution in [2.24, 2.45) is 5.92 Å². The maximum Gasteiger partial charge on any atom is 0.334 e. The van der Waals surface area contributed by atoms with Crippen molar-refractivity contribution in [3.05, 3.63) is 47.1 Å². The molecule has 0 N–H and O–H groups in total. The fraction of sp³-hybridized carbons (Fsp3) is 0.458. The van der Waals surface area contributed by atoms with Gasteiger partial charge in [-0.25, -0.2) is 9.59 Å². The molecule has 1 aliphatic heterocycles. The van der Waals surface area contributed by atoms with Crippen LogP contribution in [0.1, 0.15) is 40.5 Å². The van der Waals surface area contributed by atoms with E-state index in [4.69, 9.17) is 18.9 Å². The summed E-state index contributed by atoms with van der Waals surface area (Å²) < 4.78 is 21.7. The third kappa shape index (κ3) is 7.00. The lowest BCUT2D eigenvalue weighted by Gasteiger charge is -2.29. The Bertz CT molecular complexity index is 938. The standard InChI is InChI=1S/C24H28O9/c1-13(8-9-25)23(28)32-21-11-18(12-30-16(4)26)6-7-19(31-17(5)27)14(2)10-20-22(21)15(3)24(29)33-20/h6,8-10,19-22H,3,7,11-12H2,1-2,4-5H3/b13-8+,14-10+,18-6+/t19-,20+,21+,22-/m0/s1. The lowest BCUT2D eigenvalue weighted by Crippen LogP contribution is -2.35. The molecule has 0 radical (unpaired) electrons. The van der Waals surface area contributed by atoms with E-state index in [1.807, 2.05) is 0 Å². The van der Waals surface area contributed by atoms with Crippen LogP contribution in [0.3, 0.4) is 0 Å². The highest BCUT2D eigenvalue weighted by atomic mass is 16.6. The Balaban J connectivity index is 2.51. The number of rotatable bonds is 6. The summed E-state index contributed by atoms with van der Waals surface area (Å²) in [7, 11) is 0. The monoisotopic (exact) mass is 460 g/mol. The minimum atomic E-state index is -0.896. The zero-order chi connectivity index (χ0) is 24.7. The third-order valence-electron chi connectivity index (χ3n) is 5.35. The number of fused-ring (bicyclic) bond motifs is 1. The number of ether oxygens (including phenoxy) is 4. The van der Waals surface area contributed by atoms with Crippen LogP contribution < -0.4 is 0 Å². The van der Waals surface area contributed by atoms with E-state index >= 15 is 0 Å². The van der Waals surface area contributed by atoms with Crippen LogP contribution in [0.2, 0.25) is 0 Å². The first-order valence-corrected chi connectivity index (χ1v) is 10.4. The first-order valence-electron chi connectivity index (χ1n) is 10.4. The van der Waals surface area contributed by atoms with Gasteiger partial charge < -0.3 is 18.9 Å². The topological polar surface area (TPSA) is 122 Å². The van der Waals surface area contributed by atoms with Gasteiger partial charge >= 0.3 is 23.9 Å². The number of allylic oxidation sites excluding steroid dienone is 1. The van der Waals surface area contributed by atoms with Crippen molar-refractivity contribution in [2.45, 2.75) is 58.8 Å². The van der Waals surface area contributed by atoms with Gasteiger partial charge in [-0.15, -0.1) is 0 Å². The second-order valence-electron chi connectivity index (χ2n) is 7.94.